The average Bonchev–Trinajstić information content (AvgIpc) is 3.22. The number of aromatic nitrogens is 5. The van der Waals surface area contributed by atoms with Crippen molar-refractivity contribution >= 4 is 22.5 Å². The van der Waals surface area contributed by atoms with Crippen LogP contribution >= 0.6 is 0 Å². The number of benzene rings is 1. The summed E-state index contributed by atoms with van der Waals surface area (Å²) in [7, 11) is 1.61. The van der Waals surface area contributed by atoms with Gasteiger partial charge in [0.2, 0.25) is 5.95 Å². The molecule has 0 aliphatic heterocycles. The molecule has 0 amide bonds. The summed E-state index contributed by atoms with van der Waals surface area (Å²) in [6, 6.07) is 5.83. The van der Waals surface area contributed by atoms with E-state index in [0.717, 1.165) is 16.8 Å². The molecule has 1 unspecified atom stereocenters. The number of hydrogen-bond donors (Lipinski definition) is 2. The van der Waals surface area contributed by atoms with E-state index in [1.165, 1.54) is 0 Å². The summed E-state index contributed by atoms with van der Waals surface area (Å²) in [4.78, 5) is 13.4. The molecule has 0 bridgehead atoms. The first-order chi connectivity index (χ1) is 13.5. The van der Waals surface area contributed by atoms with Gasteiger partial charge in [-0.05, 0) is 26.0 Å². The number of nitrogens with one attached hydrogen (secondary N) is 1. The van der Waals surface area contributed by atoms with E-state index in [1.54, 1.807) is 11.6 Å². The zero-order chi connectivity index (χ0) is 19.8. The Morgan fingerprint density at radius 1 is 1.25 bits per heavy atom. The van der Waals surface area contributed by atoms with E-state index in [1.807, 2.05) is 32.0 Å². The molecule has 3 heterocycles. The molecule has 9 heteroatoms. The molecule has 28 heavy (non-hydrogen) atoms. The van der Waals surface area contributed by atoms with Crippen molar-refractivity contribution in [3.63, 3.8) is 0 Å². The van der Waals surface area contributed by atoms with Gasteiger partial charge in [-0.25, -0.2) is 15.0 Å². The summed E-state index contributed by atoms with van der Waals surface area (Å²) in [5.41, 5.74) is 8.36. The van der Waals surface area contributed by atoms with Gasteiger partial charge in [-0.2, -0.15) is 4.52 Å². The number of hydrogen-bond acceptors (Lipinski definition) is 8. The van der Waals surface area contributed by atoms with Crippen LogP contribution < -0.4 is 15.8 Å². The highest BCUT2D eigenvalue weighted by molar-refractivity contribution is 5.95. The number of nitrogens with zero attached hydrogens (tertiary/aromatic N) is 5. The van der Waals surface area contributed by atoms with Gasteiger partial charge in [-0.15, -0.1) is 5.10 Å². The van der Waals surface area contributed by atoms with Crippen molar-refractivity contribution in [2.75, 3.05) is 12.8 Å². The van der Waals surface area contributed by atoms with Gasteiger partial charge in [-0.1, -0.05) is 6.07 Å². The van der Waals surface area contributed by atoms with Gasteiger partial charge in [0.1, 0.15) is 17.0 Å². The van der Waals surface area contributed by atoms with Gasteiger partial charge in [0, 0.05) is 24.8 Å². The molecular weight excluding hydrogens is 358 g/mol. The van der Waals surface area contributed by atoms with Crippen molar-refractivity contribution in [3.05, 3.63) is 41.4 Å². The van der Waals surface area contributed by atoms with Crippen LogP contribution in [-0.2, 0) is 13.0 Å². The first-order valence-corrected chi connectivity index (χ1v) is 9.10. The van der Waals surface area contributed by atoms with Crippen LogP contribution in [0.25, 0.3) is 16.6 Å². The molecule has 1 aromatic carbocycles. The van der Waals surface area contributed by atoms with E-state index in [4.69, 9.17) is 19.9 Å². The number of para-hydroxylation sites is 1. The summed E-state index contributed by atoms with van der Waals surface area (Å²) >= 11 is 0. The number of ether oxygens (including phenoxy) is 1. The molecule has 0 fully saturated rings. The Balaban J connectivity index is 1.58. The van der Waals surface area contributed by atoms with E-state index in [2.05, 4.69) is 27.3 Å². The maximum atomic E-state index is 6.10. The van der Waals surface area contributed by atoms with Gasteiger partial charge in [0.05, 0.1) is 19.3 Å². The Labute approximate surface area is 161 Å². The third-order valence-electron chi connectivity index (χ3n) is 4.65. The van der Waals surface area contributed by atoms with Gasteiger partial charge in [0.15, 0.2) is 17.4 Å². The molecule has 0 saturated heterocycles. The van der Waals surface area contributed by atoms with E-state index in [0.29, 0.717) is 41.6 Å². The highest BCUT2D eigenvalue weighted by Crippen LogP contribution is 2.27. The van der Waals surface area contributed by atoms with Crippen molar-refractivity contribution in [1.82, 2.24) is 29.9 Å². The number of rotatable bonds is 6. The summed E-state index contributed by atoms with van der Waals surface area (Å²) in [6.45, 7) is 6.47. The predicted octanol–water partition coefficient (Wildman–Crippen LogP) is 2.19. The number of fused-ring (bicyclic) bond motifs is 3. The summed E-state index contributed by atoms with van der Waals surface area (Å²) < 4.78 is 12.6. The molecule has 4 rings (SSSR count). The average molecular weight is 381 g/mol. The zero-order valence-electron chi connectivity index (χ0n) is 16.4. The van der Waals surface area contributed by atoms with Gasteiger partial charge in [-0.3, -0.25) is 0 Å². The minimum Gasteiger partial charge on any atom is -0.494 e. The second-order valence-electron chi connectivity index (χ2n) is 6.82. The topological polar surface area (TPSA) is 116 Å². The summed E-state index contributed by atoms with van der Waals surface area (Å²) in [5, 5.41) is 8.81. The monoisotopic (exact) mass is 381 g/mol. The lowest BCUT2D eigenvalue weighted by Crippen LogP contribution is -2.28. The minimum absolute atomic E-state index is 0.136. The van der Waals surface area contributed by atoms with Crippen LogP contribution in [0, 0.1) is 13.8 Å². The first-order valence-electron chi connectivity index (χ1n) is 9.10. The van der Waals surface area contributed by atoms with Crippen LogP contribution in [-0.4, -0.2) is 37.7 Å². The normalized spacial score (nSPS) is 12.7. The smallest absolute Gasteiger partial charge is 0.223 e. The van der Waals surface area contributed by atoms with Crippen LogP contribution in [0.5, 0.6) is 5.75 Å². The van der Waals surface area contributed by atoms with Crippen molar-refractivity contribution in [1.29, 1.82) is 0 Å². The Bertz CT molecular complexity index is 1150. The number of anilines is 1. The van der Waals surface area contributed by atoms with Crippen LogP contribution in [0.3, 0.4) is 0 Å². The Morgan fingerprint density at radius 3 is 2.79 bits per heavy atom. The third kappa shape index (κ3) is 3.24. The number of nitrogen functional groups attached to an aromatic ring is 1. The lowest BCUT2D eigenvalue weighted by Gasteiger charge is -2.10. The van der Waals surface area contributed by atoms with Crippen LogP contribution in [0.1, 0.15) is 30.1 Å². The fraction of sp³-hybridized carbons (Fsp3) is 0.368. The Morgan fingerprint density at radius 2 is 2.07 bits per heavy atom. The quantitative estimate of drug-likeness (QED) is 0.522. The maximum absolute atomic E-state index is 6.10. The second-order valence-corrected chi connectivity index (χ2v) is 6.82. The van der Waals surface area contributed by atoms with Crippen LogP contribution in [0.2, 0.25) is 0 Å². The molecule has 4 aromatic rings. The highest BCUT2D eigenvalue weighted by atomic mass is 16.5. The Kier molecular flexibility index (Phi) is 4.60. The van der Waals surface area contributed by atoms with E-state index < -0.39 is 0 Å². The van der Waals surface area contributed by atoms with Crippen molar-refractivity contribution in [2.24, 2.45) is 0 Å². The van der Waals surface area contributed by atoms with Crippen LogP contribution in [0.15, 0.2) is 22.6 Å². The van der Waals surface area contributed by atoms with E-state index >= 15 is 0 Å². The second kappa shape index (κ2) is 7.08. The molecule has 3 N–H and O–H groups in total. The fourth-order valence-corrected chi connectivity index (χ4v) is 3.27. The number of nitrogens with two attached hydrogens (primary N) is 1. The maximum Gasteiger partial charge on any atom is 0.223 e. The molecule has 0 radical (unpaired) electrons. The van der Waals surface area contributed by atoms with Crippen molar-refractivity contribution in [2.45, 2.75) is 39.8 Å². The largest absolute Gasteiger partial charge is 0.494 e. The van der Waals surface area contributed by atoms with Gasteiger partial charge < -0.3 is 20.2 Å². The van der Waals surface area contributed by atoms with Crippen LogP contribution in [0.4, 0.5) is 5.95 Å². The van der Waals surface area contributed by atoms with Crippen molar-refractivity contribution < 1.29 is 9.15 Å². The zero-order valence-corrected chi connectivity index (χ0v) is 16.4. The SMILES string of the molecule is COc1cccc2c1nc(N)n1nc(CC(C)NCc3oc(C)nc3C)nc21. The molecule has 0 aliphatic rings. The lowest BCUT2D eigenvalue weighted by molar-refractivity contribution is 0.419. The highest BCUT2D eigenvalue weighted by Gasteiger charge is 2.16. The van der Waals surface area contributed by atoms with Gasteiger partial charge >= 0.3 is 0 Å². The fourth-order valence-electron chi connectivity index (χ4n) is 3.27. The standard InChI is InChI=1S/C19H23N7O2/c1-10(21-9-15-11(2)22-12(3)28-15)8-16-23-18-13-6-5-7-14(27-4)17(13)24-19(20)26(18)25-16/h5-7,10,21H,8-9H2,1-4H3,(H2,20,24). The molecular formula is C19H23N7O2. The lowest BCUT2D eigenvalue weighted by atomic mass is 10.2. The Hall–Kier alpha value is -3.20. The van der Waals surface area contributed by atoms with E-state index in [-0.39, 0.29) is 12.0 Å². The number of aryl methyl sites for hydroxylation is 2. The molecule has 146 valence electrons. The molecule has 3 aromatic heterocycles. The third-order valence-corrected chi connectivity index (χ3v) is 4.65. The molecule has 9 nitrogen and oxygen atoms in total. The first kappa shape index (κ1) is 18.2. The van der Waals surface area contributed by atoms with Gasteiger partial charge in [0.25, 0.3) is 0 Å². The predicted molar refractivity (Wildman–Crippen MR) is 105 cm³/mol. The summed E-state index contributed by atoms with van der Waals surface area (Å²) in [5.74, 6) is 3.14. The molecule has 0 spiro atoms. The molecule has 0 aliphatic carbocycles. The van der Waals surface area contributed by atoms with Crippen molar-refractivity contribution in [3.8, 4) is 5.75 Å². The van der Waals surface area contributed by atoms with E-state index in [9.17, 15) is 0 Å². The number of oxazole rings is 1. The number of methoxy groups -OCH3 is 1. The molecule has 0 saturated carbocycles. The molecule has 1 atom stereocenters. The minimum atomic E-state index is 0.136. The summed E-state index contributed by atoms with van der Waals surface area (Å²) in [6.07, 6.45) is 0.638.